The minimum absolute atomic E-state index is 0.235. The molecular weight excluding hydrogens is 254 g/mol. The Bertz CT molecular complexity index is 514. The Balaban J connectivity index is 2.28. The Morgan fingerprint density at radius 2 is 1.26 bits per heavy atom. The fourth-order valence-electron chi connectivity index (χ4n) is 2.27. The van der Waals surface area contributed by atoms with Crippen molar-refractivity contribution in [2.45, 2.75) is 25.7 Å². The molecule has 0 radical (unpaired) electrons. The molecule has 0 aromatic heterocycles. The topological polar surface area (TPSA) is 26.0 Å². The maximum Gasteiger partial charge on any atom is 0.0406 e. The SMILES string of the molecule is CC(C)c1ccc(C(CN)c2ccc(Cl)cc2)cc1. The second-order valence-corrected chi connectivity index (χ2v) is 5.60. The molecular formula is C17H20ClN. The second kappa shape index (κ2) is 6.23. The zero-order valence-electron chi connectivity index (χ0n) is 11.4. The molecule has 2 N–H and O–H groups in total. The van der Waals surface area contributed by atoms with E-state index in [-0.39, 0.29) is 5.92 Å². The monoisotopic (exact) mass is 273 g/mol. The van der Waals surface area contributed by atoms with Crippen LogP contribution in [0.2, 0.25) is 5.02 Å². The molecule has 0 aliphatic rings. The molecule has 2 aromatic carbocycles. The molecule has 100 valence electrons. The van der Waals surface area contributed by atoms with Crippen LogP contribution in [-0.2, 0) is 0 Å². The summed E-state index contributed by atoms with van der Waals surface area (Å²) in [5.74, 6) is 0.791. The number of hydrogen-bond acceptors (Lipinski definition) is 1. The highest BCUT2D eigenvalue weighted by atomic mass is 35.5. The lowest BCUT2D eigenvalue weighted by Crippen LogP contribution is -2.13. The van der Waals surface area contributed by atoms with Crippen molar-refractivity contribution in [1.82, 2.24) is 0 Å². The number of halogens is 1. The van der Waals surface area contributed by atoms with Crippen LogP contribution in [0.15, 0.2) is 48.5 Å². The van der Waals surface area contributed by atoms with Crippen molar-refractivity contribution >= 4 is 11.6 Å². The average Bonchev–Trinajstić information content (AvgIpc) is 2.42. The lowest BCUT2D eigenvalue weighted by molar-refractivity contribution is 0.813. The van der Waals surface area contributed by atoms with Crippen LogP contribution in [0.4, 0.5) is 0 Å². The summed E-state index contributed by atoms with van der Waals surface area (Å²) < 4.78 is 0. The first kappa shape index (κ1) is 14.1. The van der Waals surface area contributed by atoms with Crippen LogP contribution < -0.4 is 5.73 Å². The molecule has 0 saturated heterocycles. The summed E-state index contributed by atoms with van der Waals surface area (Å²) in [5, 5.41) is 0.759. The molecule has 1 atom stereocenters. The summed E-state index contributed by atoms with van der Waals surface area (Å²) in [6.07, 6.45) is 0. The van der Waals surface area contributed by atoms with Crippen molar-refractivity contribution in [3.63, 3.8) is 0 Å². The zero-order chi connectivity index (χ0) is 13.8. The molecule has 1 unspecified atom stereocenters. The molecule has 0 heterocycles. The van der Waals surface area contributed by atoms with E-state index in [1.807, 2.05) is 12.1 Å². The first-order chi connectivity index (χ1) is 9.11. The maximum absolute atomic E-state index is 5.94. The smallest absolute Gasteiger partial charge is 0.0406 e. The molecule has 19 heavy (non-hydrogen) atoms. The van der Waals surface area contributed by atoms with Crippen LogP contribution >= 0.6 is 11.6 Å². The van der Waals surface area contributed by atoms with Gasteiger partial charge in [0.25, 0.3) is 0 Å². The van der Waals surface area contributed by atoms with E-state index in [0.29, 0.717) is 12.5 Å². The molecule has 0 saturated carbocycles. The predicted molar refractivity (Wildman–Crippen MR) is 82.9 cm³/mol. The van der Waals surface area contributed by atoms with Gasteiger partial charge in [0.2, 0.25) is 0 Å². The summed E-state index contributed by atoms with van der Waals surface area (Å²) >= 11 is 5.93. The van der Waals surface area contributed by atoms with Crippen LogP contribution in [0.25, 0.3) is 0 Å². The van der Waals surface area contributed by atoms with Gasteiger partial charge in [-0.3, -0.25) is 0 Å². The lowest BCUT2D eigenvalue weighted by Gasteiger charge is -2.17. The molecule has 0 spiro atoms. The van der Waals surface area contributed by atoms with Crippen LogP contribution in [0.1, 0.15) is 42.4 Å². The Hall–Kier alpha value is -1.31. The molecule has 1 nitrogen and oxygen atoms in total. The largest absolute Gasteiger partial charge is 0.330 e. The van der Waals surface area contributed by atoms with Crippen molar-refractivity contribution in [3.8, 4) is 0 Å². The minimum Gasteiger partial charge on any atom is -0.330 e. The van der Waals surface area contributed by atoms with Gasteiger partial charge in [0.05, 0.1) is 0 Å². The predicted octanol–water partition coefficient (Wildman–Crippen LogP) is 4.55. The van der Waals surface area contributed by atoms with Crippen molar-refractivity contribution < 1.29 is 0 Å². The van der Waals surface area contributed by atoms with Gasteiger partial charge in [0.1, 0.15) is 0 Å². The molecule has 0 aliphatic heterocycles. The van der Waals surface area contributed by atoms with Gasteiger partial charge in [0.15, 0.2) is 0 Å². The summed E-state index contributed by atoms with van der Waals surface area (Å²) in [6.45, 7) is 5.01. The quantitative estimate of drug-likeness (QED) is 0.869. The number of nitrogens with two attached hydrogens (primary N) is 1. The summed E-state index contributed by atoms with van der Waals surface area (Å²) in [5.41, 5.74) is 9.77. The van der Waals surface area contributed by atoms with Crippen molar-refractivity contribution in [2.24, 2.45) is 5.73 Å². The highest BCUT2D eigenvalue weighted by Gasteiger charge is 2.12. The van der Waals surface area contributed by atoms with E-state index in [9.17, 15) is 0 Å². The highest BCUT2D eigenvalue weighted by molar-refractivity contribution is 6.30. The van der Waals surface area contributed by atoms with Gasteiger partial charge in [0, 0.05) is 17.5 Å². The first-order valence-corrected chi connectivity index (χ1v) is 7.05. The lowest BCUT2D eigenvalue weighted by atomic mass is 9.90. The molecule has 2 rings (SSSR count). The van der Waals surface area contributed by atoms with Crippen molar-refractivity contribution in [2.75, 3.05) is 6.54 Å². The zero-order valence-corrected chi connectivity index (χ0v) is 12.2. The van der Waals surface area contributed by atoms with E-state index in [1.165, 1.54) is 16.7 Å². The van der Waals surface area contributed by atoms with E-state index in [4.69, 9.17) is 17.3 Å². The Labute approximate surface area is 120 Å². The van der Waals surface area contributed by atoms with Crippen LogP contribution in [0.5, 0.6) is 0 Å². The normalized spacial score (nSPS) is 12.7. The van der Waals surface area contributed by atoms with E-state index in [2.05, 4.69) is 50.2 Å². The minimum atomic E-state index is 0.235. The van der Waals surface area contributed by atoms with Crippen LogP contribution in [0, 0.1) is 0 Å². The van der Waals surface area contributed by atoms with Gasteiger partial charge in [-0.2, -0.15) is 0 Å². The fraction of sp³-hybridized carbons (Fsp3) is 0.294. The standard InChI is InChI=1S/C17H20ClN/c1-12(2)13-3-5-14(6-4-13)17(11-19)15-7-9-16(18)10-8-15/h3-10,12,17H,11,19H2,1-2H3. The Kier molecular flexibility index (Phi) is 4.62. The molecule has 0 aliphatic carbocycles. The second-order valence-electron chi connectivity index (χ2n) is 5.16. The molecule has 2 aromatic rings. The van der Waals surface area contributed by atoms with Crippen LogP contribution in [0.3, 0.4) is 0 Å². The molecule has 0 fully saturated rings. The van der Waals surface area contributed by atoms with Gasteiger partial charge in [-0.1, -0.05) is 61.8 Å². The number of benzene rings is 2. The molecule has 2 heteroatoms. The first-order valence-electron chi connectivity index (χ1n) is 6.67. The highest BCUT2D eigenvalue weighted by Crippen LogP contribution is 2.26. The Morgan fingerprint density at radius 1 is 0.842 bits per heavy atom. The summed E-state index contributed by atoms with van der Waals surface area (Å²) in [4.78, 5) is 0. The summed E-state index contributed by atoms with van der Waals surface area (Å²) in [6, 6.07) is 16.7. The van der Waals surface area contributed by atoms with Gasteiger partial charge in [-0.25, -0.2) is 0 Å². The van der Waals surface area contributed by atoms with Gasteiger partial charge in [-0.05, 0) is 34.7 Å². The van der Waals surface area contributed by atoms with E-state index in [1.54, 1.807) is 0 Å². The third-order valence-corrected chi connectivity index (χ3v) is 3.77. The van der Waals surface area contributed by atoms with Crippen LogP contribution in [-0.4, -0.2) is 6.54 Å². The molecule has 0 bridgehead atoms. The van der Waals surface area contributed by atoms with E-state index in [0.717, 1.165) is 5.02 Å². The van der Waals surface area contributed by atoms with Gasteiger partial charge in [-0.15, -0.1) is 0 Å². The van der Waals surface area contributed by atoms with Crippen molar-refractivity contribution in [3.05, 3.63) is 70.2 Å². The molecule has 0 amide bonds. The van der Waals surface area contributed by atoms with Crippen molar-refractivity contribution in [1.29, 1.82) is 0 Å². The summed E-state index contributed by atoms with van der Waals surface area (Å²) in [7, 11) is 0. The number of hydrogen-bond donors (Lipinski definition) is 1. The fourth-order valence-corrected chi connectivity index (χ4v) is 2.40. The van der Waals surface area contributed by atoms with Gasteiger partial charge < -0.3 is 5.73 Å². The Morgan fingerprint density at radius 3 is 1.68 bits per heavy atom. The average molecular weight is 274 g/mol. The van der Waals surface area contributed by atoms with E-state index < -0.39 is 0 Å². The third kappa shape index (κ3) is 3.37. The van der Waals surface area contributed by atoms with Gasteiger partial charge >= 0.3 is 0 Å². The van der Waals surface area contributed by atoms with E-state index >= 15 is 0 Å². The number of rotatable bonds is 4. The maximum atomic E-state index is 5.94. The third-order valence-electron chi connectivity index (χ3n) is 3.51.